The largest absolute Gasteiger partial charge is 0.289 e. The van der Waals surface area contributed by atoms with Crippen molar-refractivity contribution in [1.29, 1.82) is 0 Å². The minimum Gasteiger partial charge on any atom is -0.289 e. The van der Waals surface area contributed by atoms with Gasteiger partial charge >= 0.3 is 0 Å². The first kappa shape index (κ1) is 10.1. The molecule has 0 unspecified atom stereocenters. The van der Waals surface area contributed by atoms with E-state index in [0.29, 0.717) is 11.1 Å². The number of hydrogen-bond acceptors (Lipinski definition) is 2. The molecule has 1 aromatic carbocycles. The molecule has 0 aliphatic heterocycles. The topological polar surface area (TPSA) is 17.1 Å². The van der Waals surface area contributed by atoms with E-state index in [4.69, 9.17) is 0 Å². The van der Waals surface area contributed by atoms with Gasteiger partial charge in [0.15, 0.2) is 5.78 Å². The quantitative estimate of drug-likeness (QED) is 0.709. The Morgan fingerprint density at radius 2 is 2.07 bits per heavy atom. The van der Waals surface area contributed by atoms with Gasteiger partial charge in [0, 0.05) is 21.4 Å². The zero-order valence-corrected chi connectivity index (χ0v) is 8.98. The number of halogens is 1. The Labute approximate surface area is 91.2 Å². The highest BCUT2D eigenvalue weighted by atomic mass is 32.1. The summed E-state index contributed by atoms with van der Waals surface area (Å²) in [5.74, 6) is -0.508. The maximum atomic E-state index is 12.9. The van der Waals surface area contributed by atoms with Gasteiger partial charge in [-0.1, -0.05) is 12.1 Å². The van der Waals surface area contributed by atoms with Crippen LogP contribution < -0.4 is 0 Å². The number of thiophene rings is 1. The van der Waals surface area contributed by atoms with Crippen molar-refractivity contribution in [2.24, 2.45) is 0 Å². The van der Waals surface area contributed by atoms with Crippen LogP contribution in [0.15, 0.2) is 35.7 Å². The van der Waals surface area contributed by atoms with Crippen LogP contribution in [0.4, 0.5) is 4.39 Å². The number of rotatable bonds is 2. The lowest BCUT2D eigenvalue weighted by atomic mass is 10.1. The van der Waals surface area contributed by atoms with Gasteiger partial charge < -0.3 is 0 Å². The molecular weight excluding hydrogens is 211 g/mol. The molecule has 0 radical (unpaired) electrons. The van der Waals surface area contributed by atoms with Crippen molar-refractivity contribution in [2.45, 2.75) is 6.92 Å². The average molecular weight is 220 g/mol. The molecule has 2 aromatic rings. The van der Waals surface area contributed by atoms with Crippen molar-refractivity contribution in [2.75, 3.05) is 0 Å². The van der Waals surface area contributed by atoms with E-state index < -0.39 is 0 Å². The van der Waals surface area contributed by atoms with E-state index in [1.54, 1.807) is 17.5 Å². The third-order valence-electron chi connectivity index (χ3n) is 2.08. The first-order valence-corrected chi connectivity index (χ1v) is 5.40. The summed E-state index contributed by atoms with van der Waals surface area (Å²) in [5, 5.41) is 1.79. The number of ketones is 1. The SMILES string of the molecule is Cc1cc(C(=O)c2cccc(F)c2)cs1. The van der Waals surface area contributed by atoms with Crippen molar-refractivity contribution in [3.8, 4) is 0 Å². The number of carbonyl (C=O) groups excluding carboxylic acids is 1. The van der Waals surface area contributed by atoms with E-state index in [0.717, 1.165) is 4.88 Å². The maximum Gasteiger partial charge on any atom is 0.193 e. The molecule has 2 rings (SSSR count). The molecule has 1 nitrogen and oxygen atoms in total. The van der Waals surface area contributed by atoms with Crippen molar-refractivity contribution in [3.63, 3.8) is 0 Å². The standard InChI is InChI=1S/C12H9FOS/c1-8-5-10(7-15-8)12(14)9-3-2-4-11(13)6-9/h2-7H,1H3. The number of hydrogen-bond donors (Lipinski definition) is 0. The summed E-state index contributed by atoms with van der Waals surface area (Å²) in [4.78, 5) is 12.9. The number of carbonyl (C=O) groups is 1. The van der Waals surface area contributed by atoms with Crippen molar-refractivity contribution >= 4 is 17.1 Å². The molecule has 0 amide bonds. The number of aryl methyl sites for hydroxylation is 1. The third kappa shape index (κ3) is 2.13. The molecule has 0 saturated heterocycles. The van der Waals surface area contributed by atoms with Crippen LogP contribution in [0.2, 0.25) is 0 Å². The summed E-state index contributed by atoms with van der Waals surface area (Å²) in [5.41, 5.74) is 1.02. The second-order valence-corrected chi connectivity index (χ2v) is 4.40. The Morgan fingerprint density at radius 1 is 1.27 bits per heavy atom. The second kappa shape index (κ2) is 3.95. The van der Waals surface area contributed by atoms with Gasteiger partial charge in [-0.15, -0.1) is 11.3 Å². The highest BCUT2D eigenvalue weighted by molar-refractivity contribution is 7.10. The summed E-state index contributed by atoms with van der Waals surface area (Å²) >= 11 is 1.52. The van der Waals surface area contributed by atoms with E-state index in [1.165, 1.54) is 23.5 Å². The molecule has 0 aliphatic rings. The van der Waals surface area contributed by atoms with E-state index in [-0.39, 0.29) is 11.6 Å². The number of benzene rings is 1. The molecular formula is C12H9FOS. The van der Waals surface area contributed by atoms with Crippen LogP contribution in [0.3, 0.4) is 0 Å². The minimum absolute atomic E-state index is 0.126. The first-order valence-electron chi connectivity index (χ1n) is 4.52. The normalized spacial score (nSPS) is 10.3. The molecule has 1 heterocycles. The van der Waals surface area contributed by atoms with Gasteiger partial charge in [0.25, 0.3) is 0 Å². The fourth-order valence-corrected chi connectivity index (χ4v) is 2.04. The molecule has 0 saturated carbocycles. The molecule has 0 bridgehead atoms. The van der Waals surface area contributed by atoms with Crippen LogP contribution in [-0.2, 0) is 0 Å². The summed E-state index contributed by atoms with van der Waals surface area (Å²) in [6.07, 6.45) is 0. The van der Waals surface area contributed by atoms with Gasteiger partial charge in [-0.3, -0.25) is 4.79 Å². The molecule has 1 aromatic heterocycles. The second-order valence-electron chi connectivity index (χ2n) is 3.29. The van der Waals surface area contributed by atoms with Crippen molar-refractivity contribution in [3.05, 3.63) is 57.5 Å². The summed E-state index contributed by atoms with van der Waals surface area (Å²) in [7, 11) is 0. The molecule has 76 valence electrons. The average Bonchev–Trinajstić information content (AvgIpc) is 2.64. The van der Waals surface area contributed by atoms with E-state index in [2.05, 4.69) is 0 Å². The van der Waals surface area contributed by atoms with Crippen molar-refractivity contribution < 1.29 is 9.18 Å². The Bertz CT molecular complexity index is 502. The molecule has 0 aliphatic carbocycles. The van der Waals surface area contributed by atoms with Gasteiger partial charge in [-0.25, -0.2) is 4.39 Å². The van der Waals surface area contributed by atoms with Gasteiger partial charge in [-0.05, 0) is 25.1 Å². The van der Waals surface area contributed by atoms with Gasteiger partial charge in [0.2, 0.25) is 0 Å². The maximum absolute atomic E-state index is 12.9. The van der Waals surface area contributed by atoms with Crippen LogP contribution in [0.1, 0.15) is 20.8 Å². The predicted molar refractivity (Wildman–Crippen MR) is 58.9 cm³/mol. The van der Waals surface area contributed by atoms with E-state index >= 15 is 0 Å². The first-order chi connectivity index (χ1) is 7.16. The Kier molecular flexibility index (Phi) is 2.64. The van der Waals surface area contributed by atoms with Crippen LogP contribution >= 0.6 is 11.3 Å². The summed E-state index contributed by atoms with van der Waals surface area (Å²) in [6.45, 7) is 1.94. The molecule has 3 heteroatoms. The molecule has 15 heavy (non-hydrogen) atoms. The third-order valence-corrected chi connectivity index (χ3v) is 2.94. The Hall–Kier alpha value is -1.48. The highest BCUT2D eigenvalue weighted by Crippen LogP contribution is 2.17. The van der Waals surface area contributed by atoms with Gasteiger partial charge in [-0.2, -0.15) is 0 Å². The highest BCUT2D eigenvalue weighted by Gasteiger charge is 2.10. The van der Waals surface area contributed by atoms with Crippen LogP contribution in [-0.4, -0.2) is 5.78 Å². The fraction of sp³-hybridized carbons (Fsp3) is 0.0833. The predicted octanol–water partition coefficient (Wildman–Crippen LogP) is 3.43. The van der Waals surface area contributed by atoms with Crippen molar-refractivity contribution in [1.82, 2.24) is 0 Å². The Balaban J connectivity index is 2.36. The molecule has 0 atom stereocenters. The molecule has 0 N–H and O–H groups in total. The molecule has 0 fully saturated rings. The lowest BCUT2D eigenvalue weighted by Gasteiger charge is -1.97. The zero-order chi connectivity index (χ0) is 10.8. The summed E-state index contributed by atoms with van der Waals surface area (Å²) < 4.78 is 12.9. The smallest absolute Gasteiger partial charge is 0.193 e. The fourth-order valence-electron chi connectivity index (χ4n) is 1.36. The van der Waals surface area contributed by atoms with Crippen LogP contribution in [0.5, 0.6) is 0 Å². The zero-order valence-electron chi connectivity index (χ0n) is 8.16. The lowest BCUT2D eigenvalue weighted by Crippen LogP contribution is -1.99. The van der Waals surface area contributed by atoms with Gasteiger partial charge in [0.1, 0.15) is 5.82 Å². The van der Waals surface area contributed by atoms with Gasteiger partial charge in [0.05, 0.1) is 0 Å². The van der Waals surface area contributed by atoms with Crippen LogP contribution in [0.25, 0.3) is 0 Å². The monoisotopic (exact) mass is 220 g/mol. The minimum atomic E-state index is -0.382. The van der Waals surface area contributed by atoms with Crippen LogP contribution in [0, 0.1) is 12.7 Å². The van der Waals surface area contributed by atoms with E-state index in [9.17, 15) is 9.18 Å². The lowest BCUT2D eigenvalue weighted by molar-refractivity contribution is 0.103. The van der Waals surface area contributed by atoms with E-state index in [1.807, 2.05) is 13.0 Å². The Morgan fingerprint density at radius 3 is 2.67 bits per heavy atom. The summed E-state index contributed by atoms with van der Waals surface area (Å²) in [6, 6.07) is 7.57. The molecule has 0 spiro atoms.